The molecule has 1 aliphatic heterocycles. The Hall–Kier alpha value is -2.28. The Balaban J connectivity index is 0.00000240. The number of piperazine rings is 1. The average Bonchev–Trinajstić information content (AvgIpc) is 3.23. The van der Waals surface area contributed by atoms with Crippen molar-refractivity contribution in [2.24, 2.45) is 0 Å². The van der Waals surface area contributed by atoms with E-state index in [1.54, 1.807) is 6.26 Å². The first-order valence-electron chi connectivity index (χ1n) is 9.28. The largest absolute Gasteiger partial charge is 0.467 e. The predicted octanol–water partition coefficient (Wildman–Crippen LogP) is 5.38. The van der Waals surface area contributed by atoms with Crippen molar-refractivity contribution in [1.29, 1.82) is 0 Å². The molecule has 3 aromatic rings. The summed E-state index contributed by atoms with van der Waals surface area (Å²) in [6.45, 7) is 3.71. The zero-order valence-corrected chi connectivity index (χ0v) is 16.5. The lowest BCUT2D eigenvalue weighted by molar-refractivity contribution is -0.137. The molecule has 3 nitrogen and oxygen atoms in total. The van der Waals surface area contributed by atoms with E-state index >= 15 is 0 Å². The molecule has 0 bridgehead atoms. The van der Waals surface area contributed by atoms with Crippen molar-refractivity contribution in [1.82, 2.24) is 10.2 Å². The predicted molar refractivity (Wildman–Crippen MR) is 109 cm³/mol. The van der Waals surface area contributed by atoms with E-state index in [9.17, 15) is 13.2 Å². The molecule has 1 saturated heterocycles. The number of hydrogen-bond donors (Lipinski definition) is 1. The third-order valence-electron chi connectivity index (χ3n) is 5.10. The van der Waals surface area contributed by atoms with Gasteiger partial charge in [-0.2, -0.15) is 13.2 Å². The summed E-state index contributed by atoms with van der Waals surface area (Å²) < 4.78 is 44.0. The number of furan rings is 1. The molecule has 1 atom stereocenters. The minimum atomic E-state index is -4.32. The number of hydrogen-bond acceptors (Lipinski definition) is 3. The fourth-order valence-electron chi connectivity index (χ4n) is 3.65. The van der Waals surface area contributed by atoms with Crippen LogP contribution in [0.25, 0.3) is 11.1 Å². The first-order chi connectivity index (χ1) is 13.5. The highest BCUT2D eigenvalue weighted by Crippen LogP contribution is 2.33. The molecule has 7 heteroatoms. The van der Waals surface area contributed by atoms with Gasteiger partial charge in [-0.05, 0) is 41.0 Å². The molecule has 0 spiro atoms. The summed E-state index contributed by atoms with van der Waals surface area (Å²) in [6.07, 6.45) is -2.64. The quantitative estimate of drug-likeness (QED) is 0.611. The second-order valence-electron chi connectivity index (χ2n) is 6.90. The van der Waals surface area contributed by atoms with E-state index in [-0.39, 0.29) is 18.4 Å². The van der Waals surface area contributed by atoms with Crippen molar-refractivity contribution in [3.05, 3.63) is 83.8 Å². The van der Waals surface area contributed by atoms with Gasteiger partial charge in [0.15, 0.2) is 0 Å². The maximum absolute atomic E-state index is 12.8. The summed E-state index contributed by atoms with van der Waals surface area (Å²) in [5.41, 5.74) is 2.12. The number of benzene rings is 2. The molecule has 0 aliphatic carbocycles. The number of halogens is 4. The molecular formula is C22H22ClF3N2O. The van der Waals surface area contributed by atoms with Gasteiger partial charge >= 0.3 is 6.18 Å². The third kappa shape index (κ3) is 4.83. The highest BCUT2D eigenvalue weighted by atomic mass is 35.5. The van der Waals surface area contributed by atoms with Crippen molar-refractivity contribution in [2.75, 3.05) is 26.2 Å². The van der Waals surface area contributed by atoms with Crippen molar-refractivity contribution >= 4 is 12.4 Å². The van der Waals surface area contributed by atoms with Crippen LogP contribution in [0.1, 0.15) is 22.9 Å². The number of nitrogens with one attached hydrogen (secondary N) is 1. The van der Waals surface area contributed by atoms with Gasteiger partial charge in [0, 0.05) is 26.2 Å². The van der Waals surface area contributed by atoms with Crippen molar-refractivity contribution in [2.45, 2.75) is 12.2 Å². The summed E-state index contributed by atoms with van der Waals surface area (Å²) in [5, 5.41) is 3.36. The molecule has 4 rings (SSSR count). The Bertz CT molecular complexity index is 887. The van der Waals surface area contributed by atoms with Gasteiger partial charge in [-0.25, -0.2) is 0 Å². The van der Waals surface area contributed by atoms with Crippen molar-refractivity contribution < 1.29 is 17.6 Å². The smallest absolute Gasteiger partial charge is 0.416 e. The van der Waals surface area contributed by atoms with Gasteiger partial charge in [0.2, 0.25) is 0 Å². The highest BCUT2D eigenvalue weighted by molar-refractivity contribution is 5.85. The molecular weight excluding hydrogens is 401 g/mol. The minimum Gasteiger partial charge on any atom is -0.467 e. The molecule has 0 saturated carbocycles. The Labute approximate surface area is 173 Å². The van der Waals surface area contributed by atoms with Crippen molar-refractivity contribution in [3.63, 3.8) is 0 Å². The van der Waals surface area contributed by atoms with E-state index in [0.717, 1.165) is 60.8 Å². The van der Waals surface area contributed by atoms with E-state index in [1.807, 2.05) is 36.4 Å². The van der Waals surface area contributed by atoms with Gasteiger partial charge in [0.05, 0.1) is 17.9 Å². The SMILES string of the molecule is Cl.FC(F)(F)c1ccc(-c2ccc([C@@H](c3ccco3)N3CCNCC3)cc2)cc1. The highest BCUT2D eigenvalue weighted by Gasteiger charge is 2.30. The number of alkyl halides is 3. The van der Waals surface area contributed by atoms with Crippen molar-refractivity contribution in [3.8, 4) is 11.1 Å². The Kier molecular flexibility index (Phi) is 6.67. The minimum absolute atomic E-state index is 0. The molecule has 1 N–H and O–H groups in total. The van der Waals surface area contributed by atoms with Crippen LogP contribution in [0.5, 0.6) is 0 Å². The molecule has 1 aromatic heterocycles. The summed E-state index contributed by atoms with van der Waals surface area (Å²) in [4.78, 5) is 2.38. The molecule has 29 heavy (non-hydrogen) atoms. The lowest BCUT2D eigenvalue weighted by Gasteiger charge is -2.34. The van der Waals surface area contributed by atoms with Crippen LogP contribution in [0.15, 0.2) is 71.3 Å². The molecule has 0 unspecified atom stereocenters. The van der Waals surface area contributed by atoms with Crippen LogP contribution < -0.4 is 5.32 Å². The van der Waals surface area contributed by atoms with Gasteiger partial charge in [-0.1, -0.05) is 36.4 Å². The van der Waals surface area contributed by atoms with Gasteiger partial charge < -0.3 is 9.73 Å². The summed E-state index contributed by atoms with van der Waals surface area (Å²) in [7, 11) is 0. The maximum atomic E-state index is 12.8. The topological polar surface area (TPSA) is 28.4 Å². The van der Waals surface area contributed by atoms with Crippen LogP contribution in [0.2, 0.25) is 0 Å². The zero-order valence-electron chi connectivity index (χ0n) is 15.7. The normalized spacial score (nSPS) is 16.2. The molecule has 0 amide bonds. The van der Waals surface area contributed by atoms with E-state index in [0.29, 0.717) is 0 Å². The lowest BCUT2D eigenvalue weighted by Crippen LogP contribution is -2.45. The van der Waals surface area contributed by atoms with Crippen LogP contribution in [0.3, 0.4) is 0 Å². The fourth-order valence-corrected chi connectivity index (χ4v) is 3.65. The molecule has 0 radical (unpaired) electrons. The Morgan fingerprint density at radius 2 is 1.45 bits per heavy atom. The van der Waals surface area contributed by atoms with Gasteiger partial charge in [0.25, 0.3) is 0 Å². The first-order valence-corrected chi connectivity index (χ1v) is 9.28. The lowest BCUT2D eigenvalue weighted by atomic mass is 9.97. The molecule has 1 aliphatic rings. The first kappa shape index (κ1) is 21.4. The van der Waals surface area contributed by atoms with Gasteiger partial charge in [-0.3, -0.25) is 4.90 Å². The second kappa shape index (κ2) is 9.03. The van der Waals surface area contributed by atoms with Crippen LogP contribution >= 0.6 is 12.4 Å². The standard InChI is InChI=1S/C22H21F3N2O.ClH/c23-22(24,25)19-9-7-17(8-10-19)16-3-5-18(6-4-16)21(20-2-1-15-28-20)27-13-11-26-12-14-27;/h1-10,15,21,26H,11-14H2;1H/t21-;/m0./s1. The number of nitrogens with zero attached hydrogens (tertiary/aromatic N) is 1. The van der Waals surface area contributed by atoms with E-state index in [1.165, 1.54) is 12.1 Å². The second-order valence-corrected chi connectivity index (χ2v) is 6.90. The Morgan fingerprint density at radius 1 is 0.862 bits per heavy atom. The van der Waals surface area contributed by atoms with E-state index < -0.39 is 11.7 Å². The van der Waals surface area contributed by atoms with E-state index in [4.69, 9.17) is 4.42 Å². The molecule has 1 fully saturated rings. The molecule has 2 heterocycles. The fraction of sp³-hybridized carbons (Fsp3) is 0.273. The van der Waals surface area contributed by atoms with Crippen LogP contribution in [-0.2, 0) is 6.18 Å². The Morgan fingerprint density at radius 3 is 1.97 bits per heavy atom. The number of rotatable bonds is 4. The maximum Gasteiger partial charge on any atom is 0.416 e. The molecule has 154 valence electrons. The third-order valence-corrected chi connectivity index (χ3v) is 5.10. The van der Waals surface area contributed by atoms with Crippen LogP contribution in [0.4, 0.5) is 13.2 Å². The zero-order chi connectivity index (χ0) is 19.6. The van der Waals surface area contributed by atoms with Gasteiger partial charge in [0.1, 0.15) is 5.76 Å². The summed E-state index contributed by atoms with van der Waals surface area (Å²) in [5.74, 6) is 0.893. The van der Waals surface area contributed by atoms with Crippen LogP contribution in [0, 0.1) is 0 Å². The summed E-state index contributed by atoms with van der Waals surface area (Å²) >= 11 is 0. The van der Waals surface area contributed by atoms with Gasteiger partial charge in [-0.15, -0.1) is 12.4 Å². The van der Waals surface area contributed by atoms with E-state index in [2.05, 4.69) is 10.2 Å². The monoisotopic (exact) mass is 422 g/mol. The molecule has 2 aromatic carbocycles. The average molecular weight is 423 g/mol. The van der Waals surface area contributed by atoms with Crippen LogP contribution in [-0.4, -0.2) is 31.1 Å². The summed E-state index contributed by atoms with van der Waals surface area (Å²) in [6, 6.07) is 17.1.